The van der Waals surface area contributed by atoms with Gasteiger partial charge in [-0.15, -0.1) is 0 Å². The van der Waals surface area contributed by atoms with Crippen LogP contribution in [0.1, 0.15) is 22.7 Å². The van der Waals surface area contributed by atoms with Gasteiger partial charge in [-0.2, -0.15) is 48.3 Å². The summed E-state index contributed by atoms with van der Waals surface area (Å²) < 4.78 is 138. The van der Waals surface area contributed by atoms with E-state index in [-0.39, 0.29) is 12.1 Å². The van der Waals surface area contributed by atoms with Crippen molar-refractivity contribution in [3.8, 4) is 0 Å². The Balaban J connectivity index is 3.54. The molecule has 12 heteroatoms. The Morgan fingerprint density at radius 3 is 1.57 bits per heavy atom. The van der Waals surface area contributed by atoms with Gasteiger partial charge in [-0.1, -0.05) is 6.07 Å². The van der Waals surface area contributed by atoms with E-state index in [0.717, 1.165) is 0 Å². The maximum atomic E-state index is 13.1. The number of hydrogen-bond donors (Lipinski definition) is 1. The summed E-state index contributed by atoms with van der Waals surface area (Å²) in [5, 5.41) is 0. The molecule has 0 aliphatic heterocycles. The lowest BCUT2D eigenvalue weighted by molar-refractivity contribution is -0.291. The Labute approximate surface area is 120 Å². The Bertz CT molecular complexity index is 567. The van der Waals surface area contributed by atoms with Crippen LogP contribution in [0, 0.1) is 0 Å². The topological polar surface area (TPSA) is 26.0 Å². The maximum absolute atomic E-state index is 13.1. The van der Waals surface area contributed by atoms with Crippen molar-refractivity contribution >= 4 is 0 Å². The number of halogens is 11. The van der Waals surface area contributed by atoms with E-state index in [4.69, 9.17) is 0 Å². The molecule has 1 nitrogen and oxygen atoms in total. The van der Waals surface area contributed by atoms with Crippen LogP contribution in [0.2, 0.25) is 0 Å². The van der Waals surface area contributed by atoms with Gasteiger partial charge in [0.2, 0.25) is 0 Å². The molecule has 23 heavy (non-hydrogen) atoms. The molecule has 0 saturated heterocycles. The van der Waals surface area contributed by atoms with E-state index in [2.05, 4.69) is 5.73 Å². The highest BCUT2D eigenvalue weighted by Gasteiger charge is 2.62. The number of alkyl halides is 11. The Hall–Kier alpha value is -1.59. The van der Waals surface area contributed by atoms with Crippen LogP contribution in [0.5, 0.6) is 0 Å². The van der Waals surface area contributed by atoms with Crippen molar-refractivity contribution in [2.45, 2.75) is 30.5 Å². The third-order valence-electron chi connectivity index (χ3n) is 2.79. The van der Waals surface area contributed by atoms with Gasteiger partial charge < -0.3 is 5.73 Å². The largest absolute Gasteiger partial charge is 0.455 e. The SMILES string of the molecule is N[C@H](c1ccc(C(F)(F)F)cc1C(F)(F)F)C(F)(F)C(F)(F)F. The molecule has 1 rings (SSSR count). The number of hydrogen-bond acceptors (Lipinski definition) is 1. The fourth-order valence-electron chi connectivity index (χ4n) is 1.62. The standard InChI is InChI=1S/C11H6F11N/c12-8(13,11(20,21)22)7(23)5-2-1-4(9(14,15)16)3-6(5)10(17,18)19/h1-3,7H,23H2/t7-/m1/s1. The number of benzene rings is 1. The van der Waals surface area contributed by atoms with Gasteiger partial charge in [0.25, 0.3) is 0 Å². The molecule has 132 valence electrons. The highest BCUT2D eigenvalue weighted by atomic mass is 19.4. The van der Waals surface area contributed by atoms with Crippen molar-refractivity contribution in [2.24, 2.45) is 5.73 Å². The van der Waals surface area contributed by atoms with Crippen molar-refractivity contribution in [1.29, 1.82) is 0 Å². The fourth-order valence-corrected chi connectivity index (χ4v) is 1.62. The molecule has 0 aromatic heterocycles. The molecular weight excluding hydrogens is 355 g/mol. The van der Waals surface area contributed by atoms with E-state index >= 15 is 0 Å². The van der Waals surface area contributed by atoms with Crippen LogP contribution >= 0.6 is 0 Å². The summed E-state index contributed by atoms with van der Waals surface area (Å²) in [7, 11) is 0. The smallest absolute Gasteiger partial charge is 0.319 e. The molecule has 0 bridgehead atoms. The summed E-state index contributed by atoms with van der Waals surface area (Å²) in [6.45, 7) is 0. The van der Waals surface area contributed by atoms with Crippen LogP contribution in [0.25, 0.3) is 0 Å². The van der Waals surface area contributed by atoms with Crippen LogP contribution in [0.15, 0.2) is 18.2 Å². The van der Waals surface area contributed by atoms with E-state index < -0.39 is 53.2 Å². The van der Waals surface area contributed by atoms with Crippen LogP contribution in [0.3, 0.4) is 0 Å². The van der Waals surface area contributed by atoms with E-state index in [1.165, 1.54) is 0 Å². The van der Waals surface area contributed by atoms with Crippen molar-refractivity contribution < 1.29 is 48.3 Å². The van der Waals surface area contributed by atoms with E-state index in [0.29, 0.717) is 0 Å². The first kappa shape index (κ1) is 19.5. The molecule has 0 saturated carbocycles. The highest BCUT2D eigenvalue weighted by Crippen LogP contribution is 2.47. The fraction of sp³-hybridized carbons (Fsp3) is 0.455. The zero-order valence-electron chi connectivity index (χ0n) is 10.5. The van der Waals surface area contributed by atoms with Crippen LogP contribution in [0.4, 0.5) is 48.3 Å². The normalized spacial score (nSPS) is 15.7. The molecule has 1 aromatic rings. The van der Waals surface area contributed by atoms with Crippen LogP contribution in [-0.4, -0.2) is 12.1 Å². The lowest BCUT2D eigenvalue weighted by atomic mass is 9.93. The molecule has 0 aliphatic rings. The Morgan fingerprint density at radius 1 is 0.739 bits per heavy atom. The minimum atomic E-state index is -6.28. The van der Waals surface area contributed by atoms with Crippen molar-refractivity contribution in [1.82, 2.24) is 0 Å². The summed E-state index contributed by atoms with van der Waals surface area (Å²) in [5.74, 6) is -5.77. The monoisotopic (exact) mass is 361 g/mol. The molecule has 0 amide bonds. The number of nitrogens with two attached hydrogens (primary N) is 1. The lowest BCUT2D eigenvalue weighted by Gasteiger charge is -2.28. The predicted octanol–water partition coefficient (Wildman–Crippen LogP) is 4.92. The van der Waals surface area contributed by atoms with Crippen LogP contribution in [-0.2, 0) is 12.4 Å². The first-order valence-corrected chi connectivity index (χ1v) is 5.48. The highest BCUT2D eigenvalue weighted by molar-refractivity contribution is 5.38. The van der Waals surface area contributed by atoms with Crippen molar-refractivity contribution in [3.63, 3.8) is 0 Å². The minimum Gasteiger partial charge on any atom is -0.319 e. The molecule has 0 unspecified atom stereocenters. The van der Waals surface area contributed by atoms with Gasteiger partial charge in [0.1, 0.15) is 6.04 Å². The Kier molecular flexibility index (Phi) is 4.65. The number of rotatable bonds is 2. The van der Waals surface area contributed by atoms with Gasteiger partial charge in [0.05, 0.1) is 11.1 Å². The maximum Gasteiger partial charge on any atom is 0.455 e. The van der Waals surface area contributed by atoms with Gasteiger partial charge >= 0.3 is 24.5 Å². The summed E-state index contributed by atoms with van der Waals surface area (Å²) >= 11 is 0. The third-order valence-corrected chi connectivity index (χ3v) is 2.79. The molecule has 2 N–H and O–H groups in total. The Morgan fingerprint density at radius 2 is 1.22 bits per heavy atom. The molecule has 0 radical (unpaired) electrons. The predicted molar refractivity (Wildman–Crippen MR) is 54.4 cm³/mol. The second kappa shape index (κ2) is 5.49. The molecule has 0 aliphatic carbocycles. The molecule has 0 heterocycles. The lowest BCUT2D eigenvalue weighted by Crippen LogP contribution is -2.46. The quantitative estimate of drug-likeness (QED) is 0.744. The van der Waals surface area contributed by atoms with Gasteiger partial charge in [0, 0.05) is 0 Å². The first-order valence-electron chi connectivity index (χ1n) is 5.48. The average molecular weight is 361 g/mol. The van der Waals surface area contributed by atoms with Gasteiger partial charge in [-0.25, -0.2) is 0 Å². The van der Waals surface area contributed by atoms with Crippen molar-refractivity contribution in [2.75, 3.05) is 0 Å². The summed E-state index contributed by atoms with van der Waals surface area (Å²) in [6.07, 6.45) is -17.1. The molecule has 0 spiro atoms. The molecule has 1 aromatic carbocycles. The van der Waals surface area contributed by atoms with Gasteiger partial charge in [0.15, 0.2) is 0 Å². The third kappa shape index (κ3) is 3.85. The van der Waals surface area contributed by atoms with E-state index in [1.807, 2.05) is 0 Å². The van der Waals surface area contributed by atoms with Gasteiger partial charge in [-0.05, 0) is 17.7 Å². The molecule has 1 atom stereocenters. The summed E-state index contributed by atoms with van der Waals surface area (Å²) in [5.41, 5.74) is -1.41. The summed E-state index contributed by atoms with van der Waals surface area (Å²) in [4.78, 5) is 0. The molecular formula is C11H6F11N. The van der Waals surface area contributed by atoms with E-state index in [9.17, 15) is 48.3 Å². The molecule has 0 fully saturated rings. The van der Waals surface area contributed by atoms with Crippen molar-refractivity contribution in [3.05, 3.63) is 34.9 Å². The first-order chi connectivity index (χ1) is 9.99. The van der Waals surface area contributed by atoms with Gasteiger partial charge in [-0.3, -0.25) is 0 Å². The second-order valence-corrected chi connectivity index (χ2v) is 4.40. The average Bonchev–Trinajstić information content (AvgIpc) is 2.33. The zero-order valence-corrected chi connectivity index (χ0v) is 10.5. The zero-order chi connectivity index (χ0) is 18.4. The summed E-state index contributed by atoms with van der Waals surface area (Å²) in [6, 6.07) is -4.30. The minimum absolute atomic E-state index is 0.0586. The second-order valence-electron chi connectivity index (χ2n) is 4.40. The van der Waals surface area contributed by atoms with E-state index in [1.54, 1.807) is 0 Å². The van der Waals surface area contributed by atoms with Crippen LogP contribution < -0.4 is 5.73 Å².